The van der Waals surface area contributed by atoms with Gasteiger partial charge < -0.3 is 15.4 Å². The van der Waals surface area contributed by atoms with E-state index in [1.165, 1.54) is 25.7 Å². The molecule has 1 fully saturated rings. The van der Waals surface area contributed by atoms with Crippen LogP contribution in [0.2, 0.25) is 0 Å². The summed E-state index contributed by atoms with van der Waals surface area (Å²) in [6, 6.07) is 0. The minimum atomic E-state index is 0.186. The maximum Gasteiger partial charge on any atom is 0.225 e. The van der Waals surface area contributed by atoms with E-state index in [0.29, 0.717) is 31.1 Å². The van der Waals surface area contributed by atoms with Crippen LogP contribution in [0.4, 0.5) is 0 Å². The Labute approximate surface area is 121 Å². The van der Waals surface area contributed by atoms with Gasteiger partial charge in [-0.25, -0.2) is 0 Å². The van der Waals surface area contributed by atoms with Gasteiger partial charge in [-0.1, -0.05) is 37.9 Å². The van der Waals surface area contributed by atoms with Crippen LogP contribution in [0.3, 0.4) is 0 Å². The Hall–Kier alpha value is -0.680. The zero-order chi connectivity index (χ0) is 14.1. The van der Waals surface area contributed by atoms with E-state index in [1.807, 2.05) is 4.90 Å². The second-order valence-electron chi connectivity index (χ2n) is 5.22. The first-order valence-electron chi connectivity index (χ1n) is 7.21. The second kappa shape index (κ2) is 9.26. The summed E-state index contributed by atoms with van der Waals surface area (Å²) in [4.78, 5) is 14.9. The van der Waals surface area contributed by atoms with Gasteiger partial charge in [-0.2, -0.15) is 0 Å². The van der Waals surface area contributed by atoms with Crippen molar-refractivity contribution < 1.29 is 9.53 Å². The maximum atomic E-state index is 12.6. The average Bonchev–Trinajstić information content (AvgIpc) is 2.66. The Balaban J connectivity index is 2.54. The Kier molecular flexibility index (Phi) is 7.98. The fourth-order valence-electron chi connectivity index (χ4n) is 2.56. The van der Waals surface area contributed by atoms with Crippen molar-refractivity contribution in [2.24, 2.45) is 11.7 Å². The molecule has 0 aromatic heterocycles. The minimum absolute atomic E-state index is 0.186. The fourth-order valence-corrected chi connectivity index (χ4v) is 2.65. The van der Waals surface area contributed by atoms with Gasteiger partial charge in [0.05, 0.1) is 11.6 Å². The Morgan fingerprint density at radius 1 is 1.26 bits per heavy atom. The van der Waals surface area contributed by atoms with Gasteiger partial charge in [-0.05, 0) is 12.8 Å². The van der Waals surface area contributed by atoms with Crippen LogP contribution < -0.4 is 5.73 Å². The number of nitrogens with zero attached hydrogens (tertiary/aromatic N) is 1. The number of hydrogen-bond acceptors (Lipinski definition) is 3. The number of ether oxygens (including phenoxy) is 1. The highest BCUT2D eigenvalue weighted by atomic mass is 32.1. The molecular formula is C14H26N2O2S. The van der Waals surface area contributed by atoms with Gasteiger partial charge >= 0.3 is 0 Å². The third-order valence-electron chi connectivity index (χ3n) is 3.71. The Morgan fingerprint density at radius 3 is 2.42 bits per heavy atom. The van der Waals surface area contributed by atoms with Gasteiger partial charge in [-0.3, -0.25) is 4.79 Å². The van der Waals surface area contributed by atoms with Crippen LogP contribution in [0, 0.1) is 5.92 Å². The fraction of sp³-hybridized carbons (Fsp3) is 0.857. The Bertz CT molecular complexity index is 289. The lowest BCUT2D eigenvalue weighted by molar-refractivity contribution is -0.136. The van der Waals surface area contributed by atoms with Crippen molar-refractivity contribution in [3.05, 3.63) is 0 Å². The summed E-state index contributed by atoms with van der Waals surface area (Å²) in [7, 11) is 1.65. The molecule has 4 nitrogen and oxygen atoms in total. The van der Waals surface area contributed by atoms with Gasteiger partial charge in [0.1, 0.15) is 0 Å². The molecule has 0 aromatic rings. The van der Waals surface area contributed by atoms with E-state index in [2.05, 4.69) is 0 Å². The molecule has 110 valence electrons. The minimum Gasteiger partial charge on any atom is -0.393 e. The molecule has 1 aliphatic carbocycles. The molecule has 0 heterocycles. The predicted octanol–water partition coefficient (Wildman–Crippen LogP) is 2.11. The molecule has 1 saturated carbocycles. The van der Waals surface area contributed by atoms with E-state index < -0.39 is 0 Å². The average molecular weight is 286 g/mol. The molecule has 2 N–H and O–H groups in total. The molecule has 5 heteroatoms. The van der Waals surface area contributed by atoms with Gasteiger partial charge in [0.25, 0.3) is 0 Å². The summed E-state index contributed by atoms with van der Waals surface area (Å²) in [5.41, 5.74) is 5.54. The van der Waals surface area contributed by atoms with Crippen molar-refractivity contribution in [2.75, 3.05) is 26.8 Å². The molecule has 1 rings (SSSR count). The van der Waals surface area contributed by atoms with Crippen molar-refractivity contribution in [1.29, 1.82) is 0 Å². The van der Waals surface area contributed by atoms with E-state index in [0.717, 1.165) is 12.8 Å². The number of carbonyl (C=O) groups excluding carboxylic acids is 1. The number of thiocarbonyl (C=S) groups is 1. The van der Waals surface area contributed by atoms with Crippen LogP contribution in [0.25, 0.3) is 0 Å². The highest BCUT2D eigenvalue weighted by molar-refractivity contribution is 7.80. The third kappa shape index (κ3) is 6.34. The topological polar surface area (TPSA) is 55.6 Å². The summed E-state index contributed by atoms with van der Waals surface area (Å²) < 4.78 is 5.08. The van der Waals surface area contributed by atoms with Crippen molar-refractivity contribution in [3.8, 4) is 0 Å². The van der Waals surface area contributed by atoms with E-state index in [1.54, 1.807) is 7.11 Å². The highest BCUT2D eigenvalue weighted by Crippen LogP contribution is 2.24. The number of carbonyl (C=O) groups is 1. The summed E-state index contributed by atoms with van der Waals surface area (Å²) in [6.45, 7) is 1.82. The van der Waals surface area contributed by atoms with Crippen LogP contribution in [0.1, 0.15) is 44.9 Å². The van der Waals surface area contributed by atoms with Gasteiger partial charge in [0.15, 0.2) is 0 Å². The monoisotopic (exact) mass is 286 g/mol. The first-order valence-corrected chi connectivity index (χ1v) is 7.62. The number of methoxy groups -OCH3 is 1. The largest absolute Gasteiger partial charge is 0.393 e. The number of hydrogen-bond donors (Lipinski definition) is 1. The van der Waals surface area contributed by atoms with Crippen molar-refractivity contribution in [3.63, 3.8) is 0 Å². The van der Waals surface area contributed by atoms with E-state index >= 15 is 0 Å². The zero-order valence-electron chi connectivity index (χ0n) is 11.9. The number of nitrogens with two attached hydrogens (primary N) is 1. The molecular weight excluding hydrogens is 260 g/mol. The Morgan fingerprint density at radius 2 is 1.89 bits per heavy atom. The van der Waals surface area contributed by atoms with Crippen LogP contribution in [0.15, 0.2) is 0 Å². The SMILES string of the molecule is COCCN(CCC(N)=S)C(=O)C1CCCCCC1. The predicted molar refractivity (Wildman–Crippen MR) is 81.1 cm³/mol. The van der Waals surface area contributed by atoms with Gasteiger partial charge in [0, 0.05) is 32.5 Å². The van der Waals surface area contributed by atoms with Gasteiger partial charge in [0.2, 0.25) is 5.91 Å². The van der Waals surface area contributed by atoms with Crippen LogP contribution >= 0.6 is 12.2 Å². The van der Waals surface area contributed by atoms with E-state index in [9.17, 15) is 4.79 Å². The molecule has 1 aliphatic rings. The molecule has 0 spiro atoms. The molecule has 0 bridgehead atoms. The molecule has 19 heavy (non-hydrogen) atoms. The molecule has 0 atom stereocenters. The first kappa shape index (κ1) is 16.4. The number of amides is 1. The summed E-state index contributed by atoms with van der Waals surface area (Å²) in [6.07, 6.45) is 7.50. The standard InChI is InChI=1S/C14H26N2O2S/c1-18-11-10-16(9-8-13(15)19)14(17)12-6-4-2-3-5-7-12/h12H,2-11H2,1H3,(H2,15,19). The van der Waals surface area contributed by atoms with E-state index in [4.69, 9.17) is 22.7 Å². The van der Waals surface area contributed by atoms with Crippen molar-refractivity contribution >= 4 is 23.1 Å². The van der Waals surface area contributed by atoms with Crippen molar-refractivity contribution in [2.45, 2.75) is 44.9 Å². The summed E-state index contributed by atoms with van der Waals surface area (Å²) >= 11 is 4.90. The second-order valence-corrected chi connectivity index (χ2v) is 5.75. The summed E-state index contributed by atoms with van der Waals surface area (Å²) in [5, 5.41) is 0. The summed E-state index contributed by atoms with van der Waals surface area (Å²) in [5.74, 6) is 0.445. The normalized spacial score (nSPS) is 16.9. The van der Waals surface area contributed by atoms with Crippen LogP contribution in [0.5, 0.6) is 0 Å². The smallest absolute Gasteiger partial charge is 0.225 e. The molecule has 0 saturated heterocycles. The lowest BCUT2D eigenvalue weighted by Crippen LogP contribution is -2.40. The van der Waals surface area contributed by atoms with Gasteiger partial charge in [-0.15, -0.1) is 0 Å². The molecule has 0 radical (unpaired) electrons. The molecule has 0 aromatic carbocycles. The van der Waals surface area contributed by atoms with Crippen LogP contribution in [-0.2, 0) is 9.53 Å². The zero-order valence-corrected chi connectivity index (χ0v) is 12.7. The maximum absolute atomic E-state index is 12.6. The lowest BCUT2D eigenvalue weighted by Gasteiger charge is -2.26. The number of rotatable bonds is 7. The van der Waals surface area contributed by atoms with Crippen molar-refractivity contribution in [1.82, 2.24) is 4.90 Å². The first-order chi connectivity index (χ1) is 9.15. The third-order valence-corrected chi connectivity index (χ3v) is 3.91. The lowest BCUT2D eigenvalue weighted by atomic mass is 9.98. The quantitative estimate of drug-likeness (QED) is 0.575. The van der Waals surface area contributed by atoms with Crippen LogP contribution in [-0.4, -0.2) is 42.6 Å². The molecule has 0 unspecified atom stereocenters. The molecule has 0 aliphatic heterocycles. The molecule has 1 amide bonds. The van der Waals surface area contributed by atoms with E-state index in [-0.39, 0.29) is 11.8 Å². The highest BCUT2D eigenvalue weighted by Gasteiger charge is 2.24.